The van der Waals surface area contributed by atoms with Crippen LogP contribution in [0.4, 0.5) is 0 Å². The van der Waals surface area contributed by atoms with Crippen molar-refractivity contribution in [1.29, 1.82) is 0 Å². The van der Waals surface area contributed by atoms with Crippen molar-refractivity contribution in [2.24, 2.45) is 5.41 Å². The molecule has 1 amide bonds. The van der Waals surface area contributed by atoms with Gasteiger partial charge in [-0.05, 0) is 43.9 Å². The van der Waals surface area contributed by atoms with Crippen LogP contribution in [0.5, 0.6) is 0 Å². The molecule has 3 heteroatoms. The zero-order valence-corrected chi connectivity index (χ0v) is 12.1. The van der Waals surface area contributed by atoms with Crippen LogP contribution in [-0.4, -0.2) is 36.5 Å². The van der Waals surface area contributed by atoms with Gasteiger partial charge in [-0.15, -0.1) is 0 Å². The van der Waals surface area contributed by atoms with Crippen molar-refractivity contribution < 1.29 is 4.79 Å². The van der Waals surface area contributed by atoms with Crippen LogP contribution in [0.3, 0.4) is 0 Å². The number of likely N-dealkylation sites (tertiary alicyclic amines) is 1. The van der Waals surface area contributed by atoms with Crippen molar-refractivity contribution in [1.82, 2.24) is 10.2 Å². The van der Waals surface area contributed by atoms with Crippen molar-refractivity contribution in [3.05, 3.63) is 0 Å². The third kappa shape index (κ3) is 2.81. The predicted molar refractivity (Wildman–Crippen MR) is 77.0 cm³/mol. The fourth-order valence-electron chi connectivity index (χ4n) is 4.59. The summed E-state index contributed by atoms with van der Waals surface area (Å²) < 4.78 is 0. The normalized spacial score (nSPS) is 30.1. The number of carbonyl (C=O) groups is 1. The van der Waals surface area contributed by atoms with Gasteiger partial charge in [0.1, 0.15) is 0 Å². The van der Waals surface area contributed by atoms with Gasteiger partial charge >= 0.3 is 0 Å². The first-order valence-corrected chi connectivity index (χ1v) is 8.31. The summed E-state index contributed by atoms with van der Waals surface area (Å²) in [5.41, 5.74) is 0.545. The monoisotopic (exact) mass is 264 g/mol. The molecule has 0 aromatic heterocycles. The largest absolute Gasteiger partial charge is 0.342 e. The Kier molecular flexibility index (Phi) is 4.11. The number of hydrogen-bond donors (Lipinski definition) is 1. The number of hydrogen-bond acceptors (Lipinski definition) is 2. The molecule has 0 aromatic carbocycles. The van der Waals surface area contributed by atoms with Gasteiger partial charge in [-0.3, -0.25) is 4.79 Å². The van der Waals surface area contributed by atoms with Crippen LogP contribution >= 0.6 is 0 Å². The maximum atomic E-state index is 12.2. The number of rotatable bonds is 3. The lowest BCUT2D eigenvalue weighted by Crippen LogP contribution is -2.49. The van der Waals surface area contributed by atoms with Crippen LogP contribution in [0.25, 0.3) is 0 Å². The molecule has 1 aliphatic heterocycles. The molecule has 2 aliphatic carbocycles. The van der Waals surface area contributed by atoms with Gasteiger partial charge in [0.25, 0.3) is 0 Å². The van der Waals surface area contributed by atoms with Crippen molar-refractivity contribution in [3.8, 4) is 0 Å². The first-order valence-electron chi connectivity index (χ1n) is 8.31. The second-order valence-corrected chi connectivity index (χ2v) is 6.84. The van der Waals surface area contributed by atoms with Gasteiger partial charge in [0.05, 0.1) is 6.54 Å². The standard InChI is InChI=1S/C16H28N2O/c19-15(18-11-5-6-12-18)13-17-14-7-1-2-8-16(14)9-3-4-10-16/h14,17H,1-13H2/t14-/m0/s1. The summed E-state index contributed by atoms with van der Waals surface area (Å²) in [5.74, 6) is 0.330. The van der Waals surface area contributed by atoms with E-state index in [1.54, 1.807) is 0 Å². The molecule has 19 heavy (non-hydrogen) atoms. The van der Waals surface area contributed by atoms with Crippen molar-refractivity contribution in [2.75, 3.05) is 19.6 Å². The van der Waals surface area contributed by atoms with Gasteiger partial charge in [0, 0.05) is 19.1 Å². The second kappa shape index (κ2) is 5.82. The number of nitrogens with one attached hydrogen (secondary N) is 1. The molecule has 1 spiro atoms. The van der Waals surface area contributed by atoms with Gasteiger partial charge in [-0.1, -0.05) is 25.7 Å². The quantitative estimate of drug-likeness (QED) is 0.850. The third-order valence-corrected chi connectivity index (χ3v) is 5.71. The Morgan fingerprint density at radius 1 is 1.00 bits per heavy atom. The summed E-state index contributed by atoms with van der Waals surface area (Å²) in [4.78, 5) is 14.2. The van der Waals surface area contributed by atoms with Crippen molar-refractivity contribution >= 4 is 5.91 Å². The summed E-state index contributed by atoms with van der Waals surface area (Å²) in [5, 5.41) is 3.64. The average Bonchev–Trinajstić information content (AvgIpc) is 3.09. The van der Waals surface area contributed by atoms with E-state index >= 15 is 0 Å². The van der Waals surface area contributed by atoms with Crippen LogP contribution in [-0.2, 0) is 4.79 Å². The van der Waals surface area contributed by atoms with Gasteiger partial charge in [-0.2, -0.15) is 0 Å². The van der Waals surface area contributed by atoms with Crippen molar-refractivity contribution in [3.63, 3.8) is 0 Å². The molecule has 0 aromatic rings. The van der Waals surface area contributed by atoms with Crippen LogP contribution in [0.15, 0.2) is 0 Å². The summed E-state index contributed by atoms with van der Waals surface area (Å²) in [6.45, 7) is 2.54. The predicted octanol–water partition coefficient (Wildman–Crippen LogP) is 2.70. The molecule has 2 saturated carbocycles. The molecular formula is C16H28N2O. The highest BCUT2D eigenvalue weighted by molar-refractivity contribution is 5.78. The molecule has 0 bridgehead atoms. The molecule has 108 valence electrons. The van der Waals surface area contributed by atoms with E-state index in [0.29, 0.717) is 23.9 Å². The number of nitrogens with zero attached hydrogens (tertiary/aromatic N) is 1. The van der Waals surface area contributed by atoms with Gasteiger partial charge < -0.3 is 10.2 Å². The molecule has 3 rings (SSSR count). The van der Waals surface area contributed by atoms with Gasteiger partial charge in [-0.25, -0.2) is 0 Å². The minimum Gasteiger partial charge on any atom is -0.342 e. The lowest BCUT2D eigenvalue weighted by Gasteiger charge is -2.42. The lowest BCUT2D eigenvalue weighted by molar-refractivity contribution is -0.129. The first-order chi connectivity index (χ1) is 9.30. The maximum Gasteiger partial charge on any atom is 0.236 e. The van der Waals surface area contributed by atoms with Crippen molar-refractivity contribution in [2.45, 2.75) is 70.3 Å². The Bertz CT molecular complexity index is 317. The molecule has 3 aliphatic rings. The van der Waals surface area contributed by atoms with E-state index in [-0.39, 0.29) is 0 Å². The highest BCUT2D eigenvalue weighted by atomic mass is 16.2. The van der Waals surface area contributed by atoms with Crippen LogP contribution < -0.4 is 5.32 Å². The smallest absolute Gasteiger partial charge is 0.236 e. The average molecular weight is 264 g/mol. The fourth-order valence-corrected chi connectivity index (χ4v) is 4.59. The van der Waals surface area contributed by atoms with Crippen LogP contribution in [0.2, 0.25) is 0 Å². The topological polar surface area (TPSA) is 32.3 Å². The lowest BCUT2D eigenvalue weighted by atomic mass is 9.69. The highest BCUT2D eigenvalue weighted by Crippen LogP contribution is 2.48. The van der Waals surface area contributed by atoms with E-state index in [0.717, 1.165) is 13.1 Å². The SMILES string of the molecule is O=C(CN[C@H]1CCCCC12CCCC2)N1CCCC1. The van der Waals surface area contributed by atoms with E-state index in [4.69, 9.17) is 0 Å². The molecule has 1 heterocycles. The molecule has 1 atom stereocenters. The Labute approximate surface area is 117 Å². The van der Waals surface area contributed by atoms with E-state index in [9.17, 15) is 4.79 Å². The summed E-state index contributed by atoms with van der Waals surface area (Å²) in [6.07, 6.45) is 13.4. The molecule has 3 nitrogen and oxygen atoms in total. The van der Waals surface area contributed by atoms with E-state index < -0.39 is 0 Å². The third-order valence-electron chi connectivity index (χ3n) is 5.71. The Morgan fingerprint density at radius 3 is 2.32 bits per heavy atom. The van der Waals surface area contributed by atoms with Crippen LogP contribution in [0, 0.1) is 5.41 Å². The Morgan fingerprint density at radius 2 is 1.63 bits per heavy atom. The second-order valence-electron chi connectivity index (χ2n) is 6.84. The van der Waals surface area contributed by atoms with Gasteiger partial charge in [0.15, 0.2) is 0 Å². The molecule has 1 N–H and O–H groups in total. The van der Waals surface area contributed by atoms with Crippen LogP contribution in [0.1, 0.15) is 64.2 Å². The molecule has 1 saturated heterocycles. The summed E-state index contributed by atoms with van der Waals surface area (Å²) in [6, 6.07) is 0.607. The number of carbonyl (C=O) groups excluding carboxylic acids is 1. The van der Waals surface area contributed by atoms with Gasteiger partial charge in [0.2, 0.25) is 5.91 Å². The maximum absolute atomic E-state index is 12.2. The highest BCUT2D eigenvalue weighted by Gasteiger charge is 2.42. The molecular weight excluding hydrogens is 236 g/mol. The van der Waals surface area contributed by atoms with E-state index in [1.807, 2.05) is 4.90 Å². The summed E-state index contributed by atoms with van der Waals surface area (Å²) in [7, 11) is 0. The fraction of sp³-hybridized carbons (Fsp3) is 0.938. The first kappa shape index (κ1) is 13.4. The minimum absolute atomic E-state index is 0.330. The zero-order valence-electron chi connectivity index (χ0n) is 12.1. The number of amides is 1. The Hall–Kier alpha value is -0.570. The Balaban J connectivity index is 1.54. The molecule has 0 radical (unpaired) electrons. The molecule has 3 fully saturated rings. The minimum atomic E-state index is 0.330. The summed E-state index contributed by atoms with van der Waals surface area (Å²) >= 11 is 0. The zero-order chi connectivity index (χ0) is 13.1. The molecule has 0 unspecified atom stereocenters. The van der Waals surface area contributed by atoms with E-state index in [1.165, 1.54) is 64.2 Å². The van der Waals surface area contributed by atoms with E-state index in [2.05, 4.69) is 5.32 Å².